The van der Waals surface area contributed by atoms with Crippen molar-refractivity contribution in [2.24, 2.45) is 5.92 Å². The van der Waals surface area contributed by atoms with Gasteiger partial charge in [-0.3, -0.25) is 4.79 Å². The molecule has 20 heavy (non-hydrogen) atoms. The van der Waals surface area contributed by atoms with Crippen molar-refractivity contribution >= 4 is 11.7 Å². The Labute approximate surface area is 116 Å². The highest BCUT2D eigenvalue weighted by Gasteiger charge is 2.30. The maximum atomic E-state index is 12.6. The molecule has 0 saturated heterocycles. The number of alkyl halides is 3. The van der Waals surface area contributed by atoms with Crippen LogP contribution in [-0.2, 0) is 15.7 Å². The number of hydrogen-bond acceptors (Lipinski definition) is 3. The van der Waals surface area contributed by atoms with Crippen LogP contribution in [-0.4, -0.2) is 19.1 Å². The molecule has 0 saturated carbocycles. The molecule has 1 N–H and O–H groups in total. The number of carbonyl (C=O) groups excluding carboxylic acids is 1. The van der Waals surface area contributed by atoms with Crippen molar-refractivity contribution in [1.29, 1.82) is 0 Å². The molecule has 0 aliphatic rings. The Kier molecular flexibility index (Phi) is 5.42. The summed E-state index contributed by atoms with van der Waals surface area (Å²) in [4.78, 5) is 11.4. The van der Waals surface area contributed by atoms with E-state index in [-0.39, 0.29) is 19.1 Å². The maximum Gasteiger partial charge on any atom is 0.416 e. The van der Waals surface area contributed by atoms with Crippen molar-refractivity contribution in [3.8, 4) is 0 Å². The van der Waals surface area contributed by atoms with Gasteiger partial charge < -0.3 is 10.1 Å². The molecule has 0 aliphatic carbocycles. The highest BCUT2D eigenvalue weighted by molar-refractivity contribution is 5.72. The summed E-state index contributed by atoms with van der Waals surface area (Å²) in [5.74, 6) is -0.798. The number of anilines is 1. The Morgan fingerprint density at radius 3 is 2.60 bits per heavy atom. The van der Waals surface area contributed by atoms with Gasteiger partial charge in [-0.1, -0.05) is 13.0 Å². The second-order valence-corrected chi connectivity index (χ2v) is 4.56. The largest absolute Gasteiger partial charge is 0.466 e. The summed E-state index contributed by atoms with van der Waals surface area (Å²) in [7, 11) is 0. The van der Waals surface area contributed by atoms with Crippen molar-refractivity contribution in [3.63, 3.8) is 0 Å². The third-order valence-corrected chi connectivity index (χ3v) is 2.85. The molecular formula is C14H18F3NO2. The van der Waals surface area contributed by atoms with Gasteiger partial charge in [-0.15, -0.1) is 0 Å². The van der Waals surface area contributed by atoms with Crippen LogP contribution in [0.25, 0.3) is 0 Å². The lowest BCUT2D eigenvalue weighted by Gasteiger charge is -2.16. The van der Waals surface area contributed by atoms with Crippen molar-refractivity contribution in [3.05, 3.63) is 29.3 Å². The molecule has 0 amide bonds. The van der Waals surface area contributed by atoms with E-state index in [0.29, 0.717) is 11.3 Å². The van der Waals surface area contributed by atoms with Crippen LogP contribution in [0.5, 0.6) is 0 Å². The van der Waals surface area contributed by atoms with Gasteiger partial charge in [-0.25, -0.2) is 0 Å². The average molecular weight is 289 g/mol. The molecule has 1 unspecified atom stereocenters. The zero-order valence-electron chi connectivity index (χ0n) is 11.7. The van der Waals surface area contributed by atoms with E-state index in [1.807, 2.05) is 0 Å². The number of hydrogen-bond donors (Lipinski definition) is 1. The van der Waals surface area contributed by atoms with Gasteiger partial charge in [-0.2, -0.15) is 13.2 Å². The number of ether oxygens (including phenoxy) is 1. The Morgan fingerprint density at radius 1 is 1.40 bits per heavy atom. The Bertz CT molecular complexity index is 472. The fourth-order valence-electron chi connectivity index (χ4n) is 1.62. The molecular weight excluding hydrogens is 271 g/mol. The minimum Gasteiger partial charge on any atom is -0.466 e. The topological polar surface area (TPSA) is 38.3 Å². The fourth-order valence-corrected chi connectivity index (χ4v) is 1.62. The number of rotatable bonds is 5. The monoisotopic (exact) mass is 289 g/mol. The second kappa shape index (κ2) is 6.63. The number of halogens is 3. The van der Waals surface area contributed by atoms with E-state index in [4.69, 9.17) is 4.74 Å². The molecule has 1 rings (SSSR count). The molecule has 0 aliphatic heterocycles. The number of esters is 1. The molecule has 0 bridgehead atoms. The zero-order chi connectivity index (χ0) is 15.3. The molecule has 1 aromatic carbocycles. The molecule has 6 heteroatoms. The summed E-state index contributed by atoms with van der Waals surface area (Å²) >= 11 is 0. The fraction of sp³-hybridized carbons (Fsp3) is 0.500. The summed E-state index contributed by atoms with van der Waals surface area (Å²) in [5.41, 5.74) is 0.347. The molecule has 0 spiro atoms. The third kappa shape index (κ3) is 4.43. The molecule has 0 fully saturated rings. The van der Waals surface area contributed by atoms with Gasteiger partial charge in [0.05, 0.1) is 18.1 Å². The van der Waals surface area contributed by atoms with Gasteiger partial charge >= 0.3 is 12.1 Å². The predicted octanol–water partition coefficient (Wildman–Crippen LogP) is 3.62. The van der Waals surface area contributed by atoms with Gasteiger partial charge in [0.1, 0.15) is 0 Å². The zero-order valence-corrected chi connectivity index (χ0v) is 11.7. The number of carbonyl (C=O) groups is 1. The van der Waals surface area contributed by atoms with Crippen molar-refractivity contribution in [2.45, 2.75) is 26.9 Å². The van der Waals surface area contributed by atoms with E-state index in [0.717, 1.165) is 12.1 Å². The summed E-state index contributed by atoms with van der Waals surface area (Å²) < 4.78 is 42.7. The first-order valence-electron chi connectivity index (χ1n) is 6.34. The van der Waals surface area contributed by atoms with E-state index in [1.54, 1.807) is 20.8 Å². The SMILES string of the molecule is CCOC(=O)C(C)CNc1cc(C(F)(F)F)ccc1C. The van der Waals surface area contributed by atoms with Gasteiger partial charge in [0.25, 0.3) is 0 Å². The summed E-state index contributed by atoms with van der Waals surface area (Å²) in [5, 5.41) is 2.86. The Balaban J connectivity index is 2.75. The van der Waals surface area contributed by atoms with E-state index in [9.17, 15) is 18.0 Å². The van der Waals surface area contributed by atoms with Gasteiger partial charge in [-0.05, 0) is 31.5 Å². The van der Waals surface area contributed by atoms with Crippen LogP contribution < -0.4 is 5.32 Å². The van der Waals surface area contributed by atoms with Crippen molar-refractivity contribution in [1.82, 2.24) is 0 Å². The van der Waals surface area contributed by atoms with Crippen LogP contribution in [0, 0.1) is 12.8 Å². The van der Waals surface area contributed by atoms with Crippen LogP contribution in [0.15, 0.2) is 18.2 Å². The molecule has 1 aromatic rings. The van der Waals surface area contributed by atoms with Gasteiger partial charge in [0.15, 0.2) is 0 Å². The maximum absolute atomic E-state index is 12.6. The predicted molar refractivity (Wildman–Crippen MR) is 70.5 cm³/mol. The van der Waals surface area contributed by atoms with Crippen LogP contribution in [0.1, 0.15) is 25.0 Å². The molecule has 0 radical (unpaired) electrons. The Hall–Kier alpha value is -1.72. The lowest BCUT2D eigenvalue weighted by molar-refractivity contribution is -0.146. The average Bonchev–Trinajstić information content (AvgIpc) is 2.36. The lowest BCUT2D eigenvalue weighted by Crippen LogP contribution is -2.23. The van der Waals surface area contributed by atoms with Crippen LogP contribution in [0.3, 0.4) is 0 Å². The minimum atomic E-state index is -4.38. The van der Waals surface area contributed by atoms with Crippen LogP contribution in [0.2, 0.25) is 0 Å². The van der Waals surface area contributed by atoms with Crippen molar-refractivity contribution in [2.75, 3.05) is 18.5 Å². The van der Waals surface area contributed by atoms with E-state index in [1.165, 1.54) is 6.07 Å². The molecule has 0 aromatic heterocycles. The molecule has 112 valence electrons. The first-order valence-corrected chi connectivity index (χ1v) is 6.34. The number of aryl methyl sites for hydroxylation is 1. The third-order valence-electron chi connectivity index (χ3n) is 2.85. The van der Waals surface area contributed by atoms with Crippen LogP contribution >= 0.6 is 0 Å². The second-order valence-electron chi connectivity index (χ2n) is 4.56. The highest BCUT2D eigenvalue weighted by Crippen LogP contribution is 2.32. The molecule has 3 nitrogen and oxygen atoms in total. The van der Waals surface area contributed by atoms with E-state index >= 15 is 0 Å². The van der Waals surface area contributed by atoms with Crippen LogP contribution in [0.4, 0.5) is 18.9 Å². The number of benzene rings is 1. The van der Waals surface area contributed by atoms with Gasteiger partial charge in [0.2, 0.25) is 0 Å². The first kappa shape index (κ1) is 16.3. The van der Waals surface area contributed by atoms with E-state index in [2.05, 4.69) is 5.32 Å². The molecule has 1 atom stereocenters. The molecule has 0 heterocycles. The first-order chi connectivity index (χ1) is 9.25. The smallest absolute Gasteiger partial charge is 0.416 e. The van der Waals surface area contributed by atoms with Gasteiger partial charge in [0, 0.05) is 12.2 Å². The lowest BCUT2D eigenvalue weighted by atomic mass is 10.1. The summed E-state index contributed by atoms with van der Waals surface area (Å²) in [6.07, 6.45) is -4.38. The minimum absolute atomic E-state index is 0.223. The number of nitrogens with one attached hydrogen (secondary N) is 1. The summed E-state index contributed by atoms with van der Waals surface area (Å²) in [6, 6.07) is 3.49. The normalized spacial score (nSPS) is 12.9. The Morgan fingerprint density at radius 2 is 2.05 bits per heavy atom. The summed E-state index contributed by atoms with van der Waals surface area (Å²) in [6.45, 7) is 5.58. The van der Waals surface area contributed by atoms with Crippen molar-refractivity contribution < 1.29 is 22.7 Å². The quantitative estimate of drug-likeness (QED) is 0.841. The standard InChI is InChI=1S/C14H18F3NO2/c1-4-20-13(19)10(3)8-18-12-7-11(14(15,16)17)6-5-9(12)2/h5-7,10,18H,4,8H2,1-3H3. The van der Waals surface area contributed by atoms with E-state index < -0.39 is 17.7 Å². The highest BCUT2D eigenvalue weighted by atomic mass is 19.4.